The van der Waals surface area contributed by atoms with Crippen LogP contribution in [0.4, 0.5) is 11.5 Å². The summed E-state index contributed by atoms with van der Waals surface area (Å²) in [5, 5.41) is 12.7. The molecule has 2 aliphatic heterocycles. The van der Waals surface area contributed by atoms with Gasteiger partial charge in [-0.15, -0.1) is 0 Å². The average Bonchev–Trinajstić information content (AvgIpc) is 3.06. The van der Waals surface area contributed by atoms with E-state index in [4.69, 9.17) is 0 Å². The van der Waals surface area contributed by atoms with Crippen molar-refractivity contribution in [3.8, 4) is 6.07 Å². The van der Waals surface area contributed by atoms with E-state index in [1.54, 1.807) is 18.1 Å². The monoisotopic (exact) mass is 348 g/mol. The lowest BCUT2D eigenvalue weighted by atomic mass is 9.70. The van der Waals surface area contributed by atoms with Crippen molar-refractivity contribution in [3.63, 3.8) is 0 Å². The number of rotatable bonds is 0. The van der Waals surface area contributed by atoms with Crippen molar-refractivity contribution in [2.45, 2.75) is 38.1 Å². The van der Waals surface area contributed by atoms with Crippen LogP contribution >= 0.6 is 0 Å². The van der Waals surface area contributed by atoms with E-state index in [-0.39, 0.29) is 23.8 Å². The molecule has 0 radical (unpaired) electrons. The molecule has 1 atom stereocenters. The van der Waals surface area contributed by atoms with E-state index in [1.165, 1.54) is 0 Å². The predicted molar refractivity (Wildman–Crippen MR) is 98.0 cm³/mol. The average molecular weight is 348 g/mol. The third-order valence-electron chi connectivity index (χ3n) is 5.35. The molecule has 1 aromatic heterocycles. The van der Waals surface area contributed by atoms with Crippen LogP contribution in [0.1, 0.15) is 43.9 Å². The van der Waals surface area contributed by atoms with Crippen LogP contribution in [0.25, 0.3) is 0 Å². The molecule has 26 heavy (non-hydrogen) atoms. The number of hydrogen-bond donors (Lipinski definition) is 1. The van der Waals surface area contributed by atoms with Crippen molar-refractivity contribution in [1.29, 1.82) is 5.26 Å². The predicted octanol–water partition coefficient (Wildman–Crippen LogP) is 2.72. The van der Waals surface area contributed by atoms with E-state index in [0.717, 1.165) is 11.3 Å². The number of nitriles is 1. The highest BCUT2D eigenvalue weighted by Gasteiger charge is 2.57. The number of carbonyl (C=O) groups is 2. The lowest BCUT2D eigenvalue weighted by molar-refractivity contribution is -0.126. The molecule has 0 saturated carbocycles. The molecule has 0 fully saturated rings. The van der Waals surface area contributed by atoms with Gasteiger partial charge < -0.3 is 14.8 Å². The number of para-hydroxylation sites is 1. The van der Waals surface area contributed by atoms with Crippen molar-refractivity contribution < 1.29 is 9.59 Å². The number of nitrogens with zero attached hydrogens (tertiary/aromatic N) is 3. The second-order valence-corrected chi connectivity index (χ2v) is 7.93. The van der Waals surface area contributed by atoms with Crippen LogP contribution < -0.4 is 10.2 Å². The molecule has 0 bridgehead atoms. The molecule has 2 amide bonds. The lowest BCUT2D eigenvalue weighted by Gasteiger charge is -2.35. The van der Waals surface area contributed by atoms with E-state index < -0.39 is 5.41 Å². The first-order chi connectivity index (χ1) is 12.2. The van der Waals surface area contributed by atoms with Gasteiger partial charge in [-0.25, -0.2) is 0 Å². The maximum Gasteiger partial charge on any atom is 0.242 e. The number of hydrogen-bond acceptors (Lipinski definition) is 3. The highest BCUT2D eigenvalue weighted by atomic mass is 16.2. The molecule has 2 aromatic rings. The third-order valence-corrected chi connectivity index (χ3v) is 5.35. The van der Waals surface area contributed by atoms with Gasteiger partial charge in [0.05, 0.1) is 5.56 Å². The zero-order chi connectivity index (χ0) is 18.9. The molecule has 0 unspecified atom stereocenters. The smallest absolute Gasteiger partial charge is 0.242 e. The number of fused-ring (bicyclic) bond motifs is 4. The van der Waals surface area contributed by atoms with Crippen molar-refractivity contribution in [3.05, 3.63) is 47.2 Å². The number of aromatic nitrogens is 1. The van der Waals surface area contributed by atoms with Gasteiger partial charge in [0.2, 0.25) is 11.8 Å². The summed E-state index contributed by atoms with van der Waals surface area (Å²) in [6.07, 6.45) is 1.75. The number of anilines is 2. The highest BCUT2D eigenvalue weighted by molar-refractivity contribution is 6.16. The molecule has 0 saturated heterocycles. The van der Waals surface area contributed by atoms with Crippen molar-refractivity contribution in [1.82, 2.24) is 4.57 Å². The topological polar surface area (TPSA) is 78.1 Å². The maximum absolute atomic E-state index is 13.4. The molecular formula is C20H20N4O2. The summed E-state index contributed by atoms with van der Waals surface area (Å²) in [4.78, 5) is 27.6. The summed E-state index contributed by atoms with van der Waals surface area (Å²) in [6.45, 7) is 6.00. The zero-order valence-corrected chi connectivity index (χ0v) is 15.3. The number of benzene rings is 1. The summed E-state index contributed by atoms with van der Waals surface area (Å²) in [5.74, 6) is 0.158. The first-order valence-corrected chi connectivity index (χ1v) is 8.55. The first-order valence-electron chi connectivity index (χ1n) is 8.55. The van der Waals surface area contributed by atoms with Crippen LogP contribution in [-0.4, -0.2) is 23.4 Å². The van der Waals surface area contributed by atoms with E-state index in [1.807, 2.05) is 49.6 Å². The molecule has 0 aliphatic carbocycles. The number of amides is 2. The Hall–Kier alpha value is -3.07. The molecule has 2 aliphatic rings. The highest BCUT2D eigenvalue weighted by Crippen LogP contribution is 2.53. The molecule has 1 N–H and O–H groups in total. The van der Waals surface area contributed by atoms with Crippen LogP contribution in [0.2, 0.25) is 0 Å². The van der Waals surface area contributed by atoms with Gasteiger partial charge in [-0.1, -0.05) is 18.2 Å². The normalized spacial score (nSPS) is 21.4. The number of nitrogens with one attached hydrogen (secondary N) is 1. The molecule has 1 spiro atoms. The molecule has 6 nitrogen and oxygen atoms in total. The quantitative estimate of drug-likeness (QED) is 0.795. The first kappa shape index (κ1) is 16.4. The van der Waals surface area contributed by atoms with Crippen molar-refractivity contribution in [2.24, 2.45) is 0 Å². The largest absolute Gasteiger partial charge is 0.328 e. The molecule has 6 heteroatoms. The Morgan fingerprint density at radius 2 is 1.92 bits per heavy atom. The summed E-state index contributed by atoms with van der Waals surface area (Å²) in [7, 11) is 1.72. The van der Waals surface area contributed by atoms with Gasteiger partial charge in [-0.2, -0.15) is 5.26 Å². The Balaban J connectivity index is 2.13. The Morgan fingerprint density at radius 1 is 1.23 bits per heavy atom. The van der Waals surface area contributed by atoms with Gasteiger partial charge >= 0.3 is 0 Å². The second kappa shape index (κ2) is 4.98. The van der Waals surface area contributed by atoms with Gasteiger partial charge in [0.25, 0.3) is 0 Å². The Bertz CT molecular complexity index is 1010. The summed E-state index contributed by atoms with van der Waals surface area (Å²) >= 11 is 0. The number of carbonyl (C=O) groups excluding carboxylic acids is 2. The minimum absolute atomic E-state index is 0.00300. The molecule has 3 heterocycles. The van der Waals surface area contributed by atoms with Crippen LogP contribution in [0.15, 0.2) is 30.5 Å². The maximum atomic E-state index is 13.4. The summed E-state index contributed by atoms with van der Waals surface area (Å²) in [6, 6.07) is 9.74. The number of likely N-dealkylation sites (N-methyl/N-ethyl adjacent to an activating group) is 1. The Morgan fingerprint density at radius 3 is 2.58 bits per heavy atom. The minimum atomic E-state index is -1.15. The minimum Gasteiger partial charge on any atom is -0.328 e. The molecule has 4 rings (SSSR count). The van der Waals surface area contributed by atoms with Gasteiger partial charge in [-0.05, 0) is 32.4 Å². The van der Waals surface area contributed by atoms with Crippen molar-refractivity contribution in [2.75, 3.05) is 17.3 Å². The van der Waals surface area contributed by atoms with Gasteiger partial charge in [-0.3, -0.25) is 9.59 Å². The molecular weight excluding hydrogens is 328 g/mol. The Kier molecular flexibility index (Phi) is 3.14. The third kappa shape index (κ3) is 1.86. The fourth-order valence-electron chi connectivity index (χ4n) is 4.23. The van der Waals surface area contributed by atoms with Gasteiger partial charge in [0, 0.05) is 36.5 Å². The van der Waals surface area contributed by atoms with E-state index in [9.17, 15) is 14.9 Å². The fraction of sp³-hybridized carbons (Fsp3) is 0.350. The lowest BCUT2D eigenvalue weighted by Crippen LogP contribution is -2.46. The van der Waals surface area contributed by atoms with Gasteiger partial charge in [0.15, 0.2) is 0 Å². The van der Waals surface area contributed by atoms with Crippen LogP contribution in [0.3, 0.4) is 0 Å². The van der Waals surface area contributed by atoms with Crippen LogP contribution in [0, 0.1) is 11.3 Å². The summed E-state index contributed by atoms with van der Waals surface area (Å²) < 4.78 is 1.88. The summed E-state index contributed by atoms with van der Waals surface area (Å²) in [5.41, 5.74) is 1.10. The van der Waals surface area contributed by atoms with Crippen molar-refractivity contribution >= 4 is 23.3 Å². The van der Waals surface area contributed by atoms with E-state index in [0.29, 0.717) is 16.9 Å². The fourth-order valence-corrected chi connectivity index (χ4v) is 4.23. The second-order valence-electron chi connectivity index (χ2n) is 7.93. The Labute approximate surface area is 152 Å². The molecule has 1 aromatic carbocycles. The van der Waals surface area contributed by atoms with Crippen LogP contribution in [-0.2, 0) is 20.5 Å². The molecule has 132 valence electrons. The zero-order valence-electron chi connectivity index (χ0n) is 15.3. The van der Waals surface area contributed by atoms with E-state index in [2.05, 4.69) is 11.4 Å². The van der Waals surface area contributed by atoms with Gasteiger partial charge in [0.1, 0.15) is 17.3 Å². The SMILES string of the molecule is CN1C(=O)[C@]2(CC(=O)Nc3c2c(C#N)cn3C(C)(C)C)c2ccccc21. The van der Waals surface area contributed by atoms with Crippen LogP contribution in [0.5, 0.6) is 0 Å². The van der Waals surface area contributed by atoms with E-state index >= 15 is 0 Å². The standard InChI is InChI=1S/C20H20N4O2/c1-19(2,3)24-11-12(10-21)16-17(24)22-15(25)9-20(16)13-7-5-6-8-14(13)23(4)18(20)26/h5-8,11H,9H2,1-4H3,(H,22,25)/t20-/m1/s1.